The number of hydrogen-bond donors (Lipinski definition) is 1. The molecule has 0 heterocycles. The van der Waals surface area contributed by atoms with Crippen molar-refractivity contribution < 1.29 is 19.4 Å². The summed E-state index contributed by atoms with van der Waals surface area (Å²) in [6, 6.07) is 0. The number of aliphatic hydroxyl groups excluding tert-OH is 1. The number of rotatable bonds is 5. The van der Waals surface area contributed by atoms with E-state index in [2.05, 4.69) is 27.7 Å². The van der Waals surface area contributed by atoms with Crippen LogP contribution in [0.2, 0.25) is 0 Å². The van der Waals surface area contributed by atoms with E-state index in [0.717, 1.165) is 38.5 Å². The number of methoxy groups -OCH3 is 1. The van der Waals surface area contributed by atoms with Crippen LogP contribution in [0.4, 0.5) is 0 Å². The summed E-state index contributed by atoms with van der Waals surface area (Å²) in [6.07, 6.45) is 9.68. The minimum atomic E-state index is -0.382. The molecule has 0 bridgehead atoms. The maximum Gasteiger partial charge on any atom is 0.305 e. The molecule has 0 radical (unpaired) electrons. The fourth-order valence-corrected chi connectivity index (χ4v) is 9.45. The third-order valence-corrected chi connectivity index (χ3v) is 10.8. The van der Waals surface area contributed by atoms with Gasteiger partial charge in [0.1, 0.15) is 5.78 Å². The van der Waals surface area contributed by atoms with E-state index in [0.29, 0.717) is 35.9 Å². The van der Waals surface area contributed by atoms with Crippen LogP contribution >= 0.6 is 0 Å². The first-order valence-electron chi connectivity index (χ1n) is 13.0. The Balaban J connectivity index is 1.64. The van der Waals surface area contributed by atoms with Crippen molar-refractivity contribution in [1.29, 1.82) is 0 Å². The Bertz CT molecular complexity index is 703. The van der Waals surface area contributed by atoms with Crippen molar-refractivity contribution in [1.82, 2.24) is 0 Å². The van der Waals surface area contributed by atoms with Gasteiger partial charge in [0.15, 0.2) is 0 Å². The summed E-state index contributed by atoms with van der Waals surface area (Å²) in [4.78, 5) is 25.7. The molecule has 176 valence electrons. The molecule has 31 heavy (non-hydrogen) atoms. The number of ketones is 1. The fourth-order valence-electron chi connectivity index (χ4n) is 9.45. The van der Waals surface area contributed by atoms with Crippen molar-refractivity contribution in [2.24, 2.45) is 52.3 Å². The molecule has 4 aliphatic rings. The second kappa shape index (κ2) is 8.47. The standard InChI is InChI=1S/C27H44O4/c1-6-17-19-9-7-8-14-26(19,3)24-21(28)15-27(4)18(16(2)10-13-22(29)31-5)11-12-20(27)23(24)25(17)30/h16-21,23-24,28H,6-15H2,1-5H3/t16-,17-,18?,19+,20?,21+,23?,24?,26+,27-/m1/s1. The highest BCUT2D eigenvalue weighted by Crippen LogP contribution is 2.68. The summed E-state index contributed by atoms with van der Waals surface area (Å²) in [5, 5.41) is 11.6. The van der Waals surface area contributed by atoms with Gasteiger partial charge in [-0.2, -0.15) is 0 Å². The van der Waals surface area contributed by atoms with Gasteiger partial charge in [0.25, 0.3) is 0 Å². The molecule has 1 N–H and O–H groups in total. The van der Waals surface area contributed by atoms with Gasteiger partial charge in [-0.25, -0.2) is 0 Å². The number of ether oxygens (including phenoxy) is 1. The van der Waals surface area contributed by atoms with Crippen LogP contribution in [0.15, 0.2) is 0 Å². The second-order valence-electron chi connectivity index (χ2n) is 12.0. The number of esters is 1. The van der Waals surface area contributed by atoms with Crippen molar-refractivity contribution in [3.8, 4) is 0 Å². The number of carbonyl (C=O) groups excluding carboxylic acids is 2. The molecule has 4 fully saturated rings. The number of hydrogen-bond acceptors (Lipinski definition) is 4. The van der Waals surface area contributed by atoms with Crippen LogP contribution < -0.4 is 0 Å². The minimum absolute atomic E-state index is 0.0120. The largest absolute Gasteiger partial charge is 0.469 e. The molecule has 4 heteroatoms. The Kier molecular flexibility index (Phi) is 6.35. The van der Waals surface area contributed by atoms with Crippen LogP contribution in [-0.4, -0.2) is 30.1 Å². The Labute approximate surface area is 188 Å². The van der Waals surface area contributed by atoms with Gasteiger partial charge in [0, 0.05) is 24.2 Å². The molecule has 4 nitrogen and oxygen atoms in total. The maximum absolute atomic E-state index is 14.0. The van der Waals surface area contributed by atoms with Crippen LogP contribution in [0.25, 0.3) is 0 Å². The van der Waals surface area contributed by atoms with Crippen LogP contribution in [0.3, 0.4) is 0 Å². The summed E-state index contributed by atoms with van der Waals surface area (Å²) < 4.78 is 4.86. The van der Waals surface area contributed by atoms with Gasteiger partial charge in [-0.3, -0.25) is 9.59 Å². The van der Waals surface area contributed by atoms with Gasteiger partial charge >= 0.3 is 5.97 Å². The number of carbonyl (C=O) groups is 2. The smallest absolute Gasteiger partial charge is 0.305 e. The maximum atomic E-state index is 14.0. The fraction of sp³-hybridized carbons (Fsp3) is 0.926. The van der Waals surface area contributed by atoms with E-state index in [1.54, 1.807) is 0 Å². The second-order valence-corrected chi connectivity index (χ2v) is 12.0. The van der Waals surface area contributed by atoms with Crippen molar-refractivity contribution in [3.63, 3.8) is 0 Å². The summed E-state index contributed by atoms with van der Waals surface area (Å²) in [7, 11) is 1.45. The average Bonchev–Trinajstić information content (AvgIpc) is 3.08. The van der Waals surface area contributed by atoms with Gasteiger partial charge in [0.05, 0.1) is 13.2 Å². The molecule has 0 spiro atoms. The summed E-state index contributed by atoms with van der Waals surface area (Å²) in [5.74, 6) is 2.37. The monoisotopic (exact) mass is 432 g/mol. The molecule has 10 atom stereocenters. The molecule has 4 saturated carbocycles. The molecule has 0 aromatic carbocycles. The van der Waals surface area contributed by atoms with E-state index in [-0.39, 0.29) is 40.7 Å². The lowest BCUT2D eigenvalue weighted by Crippen LogP contribution is -2.63. The third-order valence-electron chi connectivity index (χ3n) is 10.8. The quantitative estimate of drug-likeness (QED) is 0.590. The van der Waals surface area contributed by atoms with Gasteiger partial charge in [0.2, 0.25) is 0 Å². The molecule has 4 aliphatic carbocycles. The van der Waals surface area contributed by atoms with Gasteiger partial charge in [-0.1, -0.05) is 40.5 Å². The molecular weight excluding hydrogens is 388 g/mol. The van der Waals surface area contributed by atoms with Gasteiger partial charge < -0.3 is 9.84 Å². The van der Waals surface area contributed by atoms with E-state index in [1.807, 2.05) is 0 Å². The summed E-state index contributed by atoms with van der Waals surface area (Å²) in [6.45, 7) is 9.23. The van der Waals surface area contributed by atoms with E-state index in [9.17, 15) is 14.7 Å². The molecule has 4 unspecified atom stereocenters. The third kappa shape index (κ3) is 3.50. The number of aliphatic hydroxyl groups is 1. The lowest BCUT2D eigenvalue weighted by atomic mass is 9.41. The Morgan fingerprint density at radius 2 is 1.90 bits per heavy atom. The molecule has 0 aromatic rings. The van der Waals surface area contributed by atoms with Crippen LogP contribution in [0.1, 0.15) is 91.9 Å². The van der Waals surface area contributed by atoms with E-state index < -0.39 is 0 Å². The van der Waals surface area contributed by atoms with Crippen LogP contribution in [-0.2, 0) is 14.3 Å². The molecular formula is C27H44O4. The first-order valence-corrected chi connectivity index (χ1v) is 13.0. The zero-order valence-corrected chi connectivity index (χ0v) is 20.4. The molecule has 0 saturated heterocycles. The summed E-state index contributed by atoms with van der Waals surface area (Å²) in [5.41, 5.74) is 0.0920. The highest BCUT2D eigenvalue weighted by atomic mass is 16.5. The summed E-state index contributed by atoms with van der Waals surface area (Å²) >= 11 is 0. The predicted octanol–water partition coefficient (Wildman–Crippen LogP) is 5.41. The van der Waals surface area contributed by atoms with Crippen molar-refractivity contribution in [3.05, 3.63) is 0 Å². The zero-order chi connectivity index (χ0) is 22.6. The van der Waals surface area contributed by atoms with E-state index in [1.165, 1.54) is 26.4 Å². The Morgan fingerprint density at radius 1 is 1.16 bits per heavy atom. The zero-order valence-electron chi connectivity index (χ0n) is 20.4. The van der Waals surface area contributed by atoms with E-state index >= 15 is 0 Å². The molecule has 0 aromatic heterocycles. The Morgan fingerprint density at radius 3 is 2.58 bits per heavy atom. The SMILES string of the molecule is CC[C@H]1C(=O)C2C3CCC([C@H](C)CCC(=O)OC)[C@@]3(C)C[C@H](O)C2[C@@]2(C)CCCC[C@@H]12. The van der Waals surface area contributed by atoms with Crippen molar-refractivity contribution in [2.45, 2.75) is 98.0 Å². The van der Waals surface area contributed by atoms with Gasteiger partial charge in [-0.05, 0) is 79.4 Å². The lowest BCUT2D eigenvalue weighted by Gasteiger charge is -2.63. The highest BCUT2D eigenvalue weighted by Gasteiger charge is 2.67. The highest BCUT2D eigenvalue weighted by molar-refractivity contribution is 5.86. The van der Waals surface area contributed by atoms with Crippen LogP contribution in [0, 0.1) is 52.3 Å². The molecule has 0 amide bonds. The average molecular weight is 433 g/mol. The van der Waals surface area contributed by atoms with E-state index in [4.69, 9.17) is 4.74 Å². The Hall–Kier alpha value is -0.900. The topological polar surface area (TPSA) is 63.6 Å². The number of fused-ring (bicyclic) bond motifs is 5. The van der Waals surface area contributed by atoms with Crippen molar-refractivity contribution >= 4 is 11.8 Å². The molecule has 4 rings (SSSR count). The molecule has 0 aliphatic heterocycles. The first-order chi connectivity index (χ1) is 14.7. The predicted molar refractivity (Wildman–Crippen MR) is 121 cm³/mol. The van der Waals surface area contributed by atoms with Crippen LogP contribution in [0.5, 0.6) is 0 Å². The number of Topliss-reactive ketones (excluding diaryl/α,β-unsaturated/α-hetero) is 1. The first kappa shape index (κ1) is 23.3. The lowest BCUT2D eigenvalue weighted by molar-refractivity contribution is -0.192. The normalized spacial score (nSPS) is 47.8. The minimum Gasteiger partial charge on any atom is -0.469 e. The van der Waals surface area contributed by atoms with Crippen molar-refractivity contribution in [2.75, 3.05) is 7.11 Å². The van der Waals surface area contributed by atoms with Gasteiger partial charge in [-0.15, -0.1) is 0 Å².